The van der Waals surface area contributed by atoms with Crippen molar-refractivity contribution in [1.82, 2.24) is 10.2 Å². The minimum absolute atomic E-state index is 0.00317. The summed E-state index contributed by atoms with van der Waals surface area (Å²) >= 11 is 0. The van der Waals surface area contributed by atoms with Crippen LogP contribution in [0.15, 0.2) is 18.2 Å². The van der Waals surface area contributed by atoms with E-state index >= 15 is 0 Å². The average Bonchev–Trinajstić information content (AvgIpc) is 3.20. The Kier molecular flexibility index (Phi) is 6.12. The summed E-state index contributed by atoms with van der Waals surface area (Å²) in [6.07, 6.45) is 4.60. The van der Waals surface area contributed by atoms with Gasteiger partial charge >= 0.3 is 0 Å². The summed E-state index contributed by atoms with van der Waals surface area (Å²) in [7, 11) is 0. The van der Waals surface area contributed by atoms with Crippen molar-refractivity contribution in [3.8, 4) is 6.07 Å². The van der Waals surface area contributed by atoms with Gasteiger partial charge in [0.05, 0.1) is 17.3 Å². The highest BCUT2D eigenvalue weighted by atomic mass is 16.2. The van der Waals surface area contributed by atoms with Gasteiger partial charge in [-0.15, -0.1) is 0 Å². The van der Waals surface area contributed by atoms with Crippen LogP contribution in [0, 0.1) is 11.3 Å². The molecule has 1 atom stereocenters. The van der Waals surface area contributed by atoms with Crippen molar-refractivity contribution in [3.63, 3.8) is 0 Å². The van der Waals surface area contributed by atoms with Gasteiger partial charge in [0.2, 0.25) is 5.91 Å². The number of carbonyl (C=O) groups excluding carboxylic acids is 2. The fourth-order valence-electron chi connectivity index (χ4n) is 4.01. The number of carbonyl (C=O) groups is 2. The molecule has 27 heavy (non-hydrogen) atoms. The molecule has 3 rings (SSSR count). The lowest BCUT2D eigenvalue weighted by atomic mass is 10.1. The van der Waals surface area contributed by atoms with Crippen molar-refractivity contribution in [2.24, 2.45) is 0 Å². The van der Waals surface area contributed by atoms with E-state index in [9.17, 15) is 14.9 Å². The molecule has 0 radical (unpaired) electrons. The summed E-state index contributed by atoms with van der Waals surface area (Å²) in [5.41, 5.74) is 2.02. The van der Waals surface area contributed by atoms with Crippen LogP contribution in [0.3, 0.4) is 0 Å². The van der Waals surface area contributed by atoms with E-state index in [4.69, 9.17) is 0 Å². The Morgan fingerprint density at radius 3 is 2.44 bits per heavy atom. The third-order valence-electron chi connectivity index (χ3n) is 5.81. The van der Waals surface area contributed by atoms with E-state index in [2.05, 4.69) is 21.2 Å². The molecule has 2 fully saturated rings. The number of piperazine rings is 1. The standard InChI is InChI=1S/C21H28N4O2/c1-15(21(27)23-19-5-3-4-6-19)24-9-11-25(12-10-24)20-13-17(16(2)26)7-8-18(20)14-22/h7-8,13,15,19H,3-6,9-12H2,1-2H3,(H,23,27). The topological polar surface area (TPSA) is 76.4 Å². The lowest BCUT2D eigenvalue weighted by molar-refractivity contribution is -0.126. The van der Waals surface area contributed by atoms with Crippen LogP contribution in [0.5, 0.6) is 0 Å². The second kappa shape index (κ2) is 8.53. The lowest BCUT2D eigenvalue weighted by Crippen LogP contribution is -2.55. The number of hydrogen-bond donors (Lipinski definition) is 1. The van der Waals surface area contributed by atoms with Crippen molar-refractivity contribution in [3.05, 3.63) is 29.3 Å². The Labute approximate surface area is 161 Å². The molecule has 0 bridgehead atoms. The van der Waals surface area contributed by atoms with E-state index < -0.39 is 0 Å². The fourth-order valence-corrected chi connectivity index (χ4v) is 4.01. The SMILES string of the molecule is CC(=O)c1ccc(C#N)c(N2CCN(C(C)C(=O)NC3CCCC3)CC2)c1. The monoisotopic (exact) mass is 368 g/mol. The molecule has 1 amide bonds. The van der Waals surface area contributed by atoms with Crippen LogP contribution in [-0.4, -0.2) is 54.9 Å². The quantitative estimate of drug-likeness (QED) is 0.807. The summed E-state index contributed by atoms with van der Waals surface area (Å²) in [5.74, 6) is 0.114. The smallest absolute Gasteiger partial charge is 0.237 e. The van der Waals surface area contributed by atoms with Gasteiger partial charge in [0.1, 0.15) is 6.07 Å². The zero-order valence-corrected chi connectivity index (χ0v) is 16.2. The van der Waals surface area contributed by atoms with Crippen LogP contribution in [0.4, 0.5) is 5.69 Å². The molecule has 0 spiro atoms. The van der Waals surface area contributed by atoms with Crippen molar-refractivity contribution < 1.29 is 9.59 Å². The highest BCUT2D eigenvalue weighted by Gasteiger charge is 2.28. The minimum atomic E-state index is -0.147. The number of nitrogens with zero attached hydrogens (tertiary/aromatic N) is 3. The van der Waals surface area contributed by atoms with E-state index in [0.717, 1.165) is 44.7 Å². The van der Waals surface area contributed by atoms with Gasteiger partial charge in [-0.1, -0.05) is 12.8 Å². The van der Waals surface area contributed by atoms with Crippen molar-refractivity contribution in [1.29, 1.82) is 5.26 Å². The molecule has 1 N–H and O–H groups in total. The molecule has 1 heterocycles. The predicted octanol–water partition coefficient (Wildman–Crippen LogP) is 2.33. The van der Waals surface area contributed by atoms with Gasteiger partial charge in [-0.3, -0.25) is 14.5 Å². The van der Waals surface area contributed by atoms with E-state index in [-0.39, 0.29) is 17.7 Å². The van der Waals surface area contributed by atoms with Gasteiger partial charge in [-0.25, -0.2) is 0 Å². The summed E-state index contributed by atoms with van der Waals surface area (Å²) < 4.78 is 0. The molecule has 1 saturated carbocycles. The van der Waals surface area contributed by atoms with Crippen LogP contribution < -0.4 is 10.2 Å². The molecular weight excluding hydrogens is 340 g/mol. The van der Waals surface area contributed by atoms with Crippen molar-refractivity contribution in [2.75, 3.05) is 31.1 Å². The van der Waals surface area contributed by atoms with Crippen LogP contribution in [0.1, 0.15) is 55.5 Å². The number of ketones is 1. The third-order valence-corrected chi connectivity index (χ3v) is 5.81. The zero-order valence-electron chi connectivity index (χ0n) is 16.2. The van der Waals surface area contributed by atoms with Gasteiger partial charge < -0.3 is 10.2 Å². The number of amides is 1. The first-order valence-electron chi connectivity index (χ1n) is 9.84. The Morgan fingerprint density at radius 2 is 1.85 bits per heavy atom. The Bertz CT molecular complexity index is 741. The molecule has 1 aromatic carbocycles. The maximum Gasteiger partial charge on any atom is 0.237 e. The Morgan fingerprint density at radius 1 is 1.19 bits per heavy atom. The summed E-state index contributed by atoms with van der Waals surface area (Å²) in [5, 5.41) is 12.6. The number of benzene rings is 1. The number of rotatable bonds is 5. The number of anilines is 1. The summed E-state index contributed by atoms with van der Waals surface area (Å²) in [4.78, 5) is 28.5. The lowest BCUT2D eigenvalue weighted by Gasteiger charge is -2.39. The molecule has 6 heteroatoms. The van der Waals surface area contributed by atoms with Gasteiger partial charge in [0.15, 0.2) is 5.78 Å². The molecule has 1 saturated heterocycles. The van der Waals surface area contributed by atoms with Crippen LogP contribution in [-0.2, 0) is 4.79 Å². The zero-order chi connectivity index (χ0) is 19.4. The molecule has 1 unspecified atom stereocenters. The predicted molar refractivity (Wildman–Crippen MR) is 105 cm³/mol. The van der Waals surface area contributed by atoms with E-state index in [0.29, 0.717) is 17.2 Å². The highest BCUT2D eigenvalue weighted by Crippen LogP contribution is 2.24. The molecule has 6 nitrogen and oxygen atoms in total. The fraction of sp³-hybridized carbons (Fsp3) is 0.571. The maximum atomic E-state index is 12.5. The molecule has 2 aliphatic rings. The number of nitriles is 1. The normalized spacial score (nSPS) is 19.5. The van der Waals surface area contributed by atoms with E-state index in [1.165, 1.54) is 19.8 Å². The maximum absolute atomic E-state index is 12.5. The summed E-state index contributed by atoms with van der Waals surface area (Å²) in [6.45, 7) is 6.49. The molecule has 1 aliphatic heterocycles. The van der Waals surface area contributed by atoms with Crippen LogP contribution >= 0.6 is 0 Å². The van der Waals surface area contributed by atoms with Crippen LogP contribution in [0.25, 0.3) is 0 Å². The largest absolute Gasteiger partial charge is 0.368 e. The third kappa shape index (κ3) is 4.48. The highest BCUT2D eigenvalue weighted by molar-refractivity contribution is 5.95. The Balaban J connectivity index is 1.61. The van der Waals surface area contributed by atoms with Gasteiger partial charge in [-0.05, 0) is 44.9 Å². The number of hydrogen-bond acceptors (Lipinski definition) is 5. The number of Topliss-reactive ketones (excluding diaryl/α,β-unsaturated/α-hetero) is 1. The van der Waals surface area contributed by atoms with Gasteiger partial charge in [0.25, 0.3) is 0 Å². The Hall–Kier alpha value is -2.39. The minimum Gasteiger partial charge on any atom is -0.368 e. The first kappa shape index (κ1) is 19.4. The second-order valence-electron chi connectivity index (χ2n) is 7.59. The molecule has 0 aromatic heterocycles. The number of nitrogens with one attached hydrogen (secondary N) is 1. The summed E-state index contributed by atoms with van der Waals surface area (Å²) in [6, 6.07) is 7.65. The van der Waals surface area contributed by atoms with Crippen molar-refractivity contribution in [2.45, 2.75) is 51.6 Å². The average molecular weight is 368 g/mol. The molecule has 1 aliphatic carbocycles. The van der Waals surface area contributed by atoms with Gasteiger partial charge in [-0.2, -0.15) is 5.26 Å². The van der Waals surface area contributed by atoms with Crippen LogP contribution in [0.2, 0.25) is 0 Å². The first-order chi connectivity index (χ1) is 13.0. The van der Waals surface area contributed by atoms with Crippen molar-refractivity contribution >= 4 is 17.4 Å². The van der Waals surface area contributed by atoms with E-state index in [1.807, 2.05) is 13.0 Å². The molecular formula is C21H28N4O2. The molecule has 144 valence electrons. The molecule has 1 aromatic rings. The second-order valence-corrected chi connectivity index (χ2v) is 7.59. The first-order valence-corrected chi connectivity index (χ1v) is 9.84. The van der Waals surface area contributed by atoms with Gasteiger partial charge in [0, 0.05) is 37.8 Å². The van der Waals surface area contributed by atoms with E-state index in [1.54, 1.807) is 12.1 Å².